The van der Waals surface area contributed by atoms with E-state index in [1.54, 1.807) is 31.2 Å². The fourth-order valence-electron chi connectivity index (χ4n) is 3.95. The fraction of sp³-hybridized carbons (Fsp3) is 0.435. The molecule has 6 nitrogen and oxygen atoms in total. The van der Waals surface area contributed by atoms with Crippen molar-refractivity contribution in [3.05, 3.63) is 58.7 Å². The molecule has 1 heterocycles. The SMILES string of the molecule is Cc1ccc(C(=O)Nc2ccc(S(=O)(=O)NC(C)C3CCNCC3)cc2C)c(C)c1. The van der Waals surface area contributed by atoms with Crippen LogP contribution in [0.1, 0.15) is 46.8 Å². The lowest BCUT2D eigenvalue weighted by Gasteiger charge is -2.28. The molecule has 7 heteroatoms. The Hall–Kier alpha value is -2.22. The summed E-state index contributed by atoms with van der Waals surface area (Å²) < 4.78 is 28.5. The molecule has 2 aromatic carbocycles. The second-order valence-electron chi connectivity index (χ2n) is 8.25. The van der Waals surface area contributed by atoms with Crippen LogP contribution in [-0.4, -0.2) is 33.5 Å². The van der Waals surface area contributed by atoms with Gasteiger partial charge in [-0.25, -0.2) is 13.1 Å². The summed E-state index contributed by atoms with van der Waals surface area (Å²) in [5.74, 6) is 0.127. The van der Waals surface area contributed by atoms with Crippen molar-refractivity contribution in [2.24, 2.45) is 5.92 Å². The van der Waals surface area contributed by atoms with Crippen molar-refractivity contribution < 1.29 is 13.2 Å². The Morgan fingerprint density at radius 3 is 2.37 bits per heavy atom. The van der Waals surface area contributed by atoms with Gasteiger partial charge in [-0.2, -0.15) is 0 Å². The van der Waals surface area contributed by atoms with Crippen molar-refractivity contribution in [3.63, 3.8) is 0 Å². The van der Waals surface area contributed by atoms with Gasteiger partial charge < -0.3 is 10.6 Å². The summed E-state index contributed by atoms with van der Waals surface area (Å²) in [7, 11) is -3.62. The molecule has 1 saturated heterocycles. The largest absolute Gasteiger partial charge is 0.322 e. The number of nitrogens with one attached hydrogen (secondary N) is 3. The summed E-state index contributed by atoms with van der Waals surface area (Å²) in [5.41, 5.74) is 3.91. The highest BCUT2D eigenvalue weighted by atomic mass is 32.2. The molecular formula is C23H31N3O3S. The summed E-state index contributed by atoms with van der Waals surface area (Å²) >= 11 is 0. The molecule has 30 heavy (non-hydrogen) atoms. The van der Waals surface area contributed by atoms with Gasteiger partial charge in [-0.05, 0) is 94.9 Å². The minimum atomic E-state index is -3.62. The number of aryl methyl sites for hydroxylation is 3. The van der Waals surface area contributed by atoms with Crippen LogP contribution in [-0.2, 0) is 10.0 Å². The molecule has 1 atom stereocenters. The average molecular weight is 430 g/mol. The minimum Gasteiger partial charge on any atom is -0.322 e. The number of carbonyl (C=O) groups is 1. The number of amides is 1. The highest BCUT2D eigenvalue weighted by molar-refractivity contribution is 7.89. The second-order valence-corrected chi connectivity index (χ2v) is 9.96. The maximum Gasteiger partial charge on any atom is 0.255 e. The van der Waals surface area contributed by atoms with E-state index in [1.165, 1.54) is 0 Å². The topological polar surface area (TPSA) is 87.3 Å². The van der Waals surface area contributed by atoms with Crippen molar-refractivity contribution in [2.45, 2.75) is 51.5 Å². The Bertz CT molecular complexity index is 1030. The van der Waals surface area contributed by atoms with Crippen molar-refractivity contribution in [3.8, 4) is 0 Å². The number of hydrogen-bond donors (Lipinski definition) is 3. The predicted octanol–water partition coefficient (Wildman–Crippen LogP) is 3.53. The number of piperidine rings is 1. The van der Waals surface area contributed by atoms with Gasteiger partial charge in [-0.15, -0.1) is 0 Å². The van der Waals surface area contributed by atoms with E-state index >= 15 is 0 Å². The summed E-state index contributed by atoms with van der Waals surface area (Å²) in [6.07, 6.45) is 1.93. The number of rotatable bonds is 6. The van der Waals surface area contributed by atoms with Crippen LogP contribution >= 0.6 is 0 Å². The normalized spacial score (nSPS) is 16.3. The van der Waals surface area contributed by atoms with Gasteiger partial charge in [0, 0.05) is 17.3 Å². The third-order valence-electron chi connectivity index (χ3n) is 5.81. The third-order valence-corrected chi connectivity index (χ3v) is 7.37. The van der Waals surface area contributed by atoms with E-state index < -0.39 is 10.0 Å². The van der Waals surface area contributed by atoms with Gasteiger partial charge >= 0.3 is 0 Å². The molecule has 1 unspecified atom stereocenters. The zero-order chi connectivity index (χ0) is 21.9. The fourth-order valence-corrected chi connectivity index (χ4v) is 5.35. The lowest BCUT2D eigenvalue weighted by Crippen LogP contribution is -2.42. The number of anilines is 1. The molecule has 0 spiro atoms. The molecule has 162 valence electrons. The lowest BCUT2D eigenvalue weighted by atomic mass is 9.92. The highest BCUT2D eigenvalue weighted by Crippen LogP contribution is 2.23. The second kappa shape index (κ2) is 9.29. The Kier molecular flexibility index (Phi) is 6.95. The molecule has 0 aromatic heterocycles. The minimum absolute atomic E-state index is 0.124. The van der Waals surface area contributed by atoms with Gasteiger partial charge in [0.05, 0.1) is 4.90 Å². The van der Waals surface area contributed by atoms with Crippen LogP contribution in [0.3, 0.4) is 0 Å². The molecule has 1 aliphatic rings. The van der Waals surface area contributed by atoms with E-state index in [1.807, 2.05) is 32.9 Å². The van der Waals surface area contributed by atoms with E-state index in [2.05, 4.69) is 15.4 Å². The van der Waals surface area contributed by atoms with E-state index in [0.717, 1.165) is 37.1 Å². The molecule has 1 amide bonds. The van der Waals surface area contributed by atoms with Crippen LogP contribution in [0, 0.1) is 26.7 Å². The summed E-state index contributed by atoms with van der Waals surface area (Å²) in [5, 5.41) is 6.20. The smallest absolute Gasteiger partial charge is 0.255 e. The van der Waals surface area contributed by atoms with Crippen molar-refractivity contribution in [1.29, 1.82) is 0 Å². The van der Waals surface area contributed by atoms with E-state index in [4.69, 9.17) is 0 Å². The molecular weight excluding hydrogens is 398 g/mol. The molecule has 0 radical (unpaired) electrons. The number of benzene rings is 2. The highest BCUT2D eigenvalue weighted by Gasteiger charge is 2.25. The van der Waals surface area contributed by atoms with Gasteiger partial charge in [0.2, 0.25) is 10.0 Å². The first kappa shape index (κ1) is 22.5. The molecule has 1 aliphatic heterocycles. The van der Waals surface area contributed by atoms with Crippen molar-refractivity contribution in [1.82, 2.24) is 10.0 Å². The summed E-state index contributed by atoms with van der Waals surface area (Å²) in [4.78, 5) is 12.9. The van der Waals surface area contributed by atoms with Gasteiger partial charge in [0.15, 0.2) is 0 Å². The van der Waals surface area contributed by atoms with Gasteiger partial charge in [0.25, 0.3) is 5.91 Å². The van der Waals surface area contributed by atoms with E-state index in [0.29, 0.717) is 22.7 Å². The Morgan fingerprint density at radius 1 is 1.03 bits per heavy atom. The first-order valence-electron chi connectivity index (χ1n) is 10.4. The molecule has 0 bridgehead atoms. The molecule has 0 saturated carbocycles. The molecule has 3 rings (SSSR count). The van der Waals surface area contributed by atoms with Crippen LogP contribution in [0.5, 0.6) is 0 Å². The van der Waals surface area contributed by atoms with Crippen LogP contribution in [0.15, 0.2) is 41.3 Å². The van der Waals surface area contributed by atoms with Gasteiger partial charge in [-0.1, -0.05) is 17.7 Å². The number of carbonyl (C=O) groups excluding carboxylic acids is 1. The third kappa shape index (κ3) is 5.28. The first-order chi connectivity index (χ1) is 14.2. The number of sulfonamides is 1. The van der Waals surface area contributed by atoms with Crippen LogP contribution in [0.4, 0.5) is 5.69 Å². The van der Waals surface area contributed by atoms with Crippen LogP contribution < -0.4 is 15.4 Å². The zero-order valence-corrected chi connectivity index (χ0v) is 18.9. The summed E-state index contributed by atoms with van der Waals surface area (Å²) in [6.45, 7) is 9.46. The number of hydrogen-bond acceptors (Lipinski definition) is 4. The van der Waals surface area contributed by atoms with Crippen molar-refractivity contribution >= 4 is 21.6 Å². The Labute approximate surface area is 179 Å². The standard InChI is InChI=1S/C23H31N3O3S/c1-15-5-7-21(16(2)13-15)23(27)25-22-8-6-20(14-17(22)3)30(28,29)26-18(4)19-9-11-24-12-10-19/h5-8,13-14,18-19,24,26H,9-12H2,1-4H3,(H,25,27). The summed E-state index contributed by atoms with van der Waals surface area (Å²) in [6, 6.07) is 10.4. The monoisotopic (exact) mass is 429 g/mol. The van der Waals surface area contributed by atoms with E-state index in [-0.39, 0.29) is 16.8 Å². The van der Waals surface area contributed by atoms with Crippen molar-refractivity contribution in [2.75, 3.05) is 18.4 Å². The predicted molar refractivity (Wildman–Crippen MR) is 120 cm³/mol. The average Bonchev–Trinajstić information content (AvgIpc) is 2.69. The first-order valence-corrected chi connectivity index (χ1v) is 11.9. The molecule has 0 aliphatic carbocycles. The molecule has 1 fully saturated rings. The van der Waals surface area contributed by atoms with Gasteiger partial charge in [0.1, 0.15) is 0 Å². The van der Waals surface area contributed by atoms with Crippen LogP contribution in [0.2, 0.25) is 0 Å². The Morgan fingerprint density at radius 2 is 1.73 bits per heavy atom. The van der Waals surface area contributed by atoms with Crippen LogP contribution in [0.25, 0.3) is 0 Å². The van der Waals surface area contributed by atoms with Gasteiger partial charge in [-0.3, -0.25) is 4.79 Å². The maximum atomic E-state index is 12.9. The quantitative estimate of drug-likeness (QED) is 0.656. The Balaban J connectivity index is 1.73. The molecule has 2 aromatic rings. The maximum absolute atomic E-state index is 12.9. The molecule has 3 N–H and O–H groups in total. The zero-order valence-electron chi connectivity index (χ0n) is 18.1. The van der Waals surface area contributed by atoms with E-state index in [9.17, 15) is 13.2 Å². The lowest BCUT2D eigenvalue weighted by molar-refractivity contribution is 0.102.